The molecular weight excluding hydrogens is 236 g/mol. The van der Waals surface area contributed by atoms with E-state index in [2.05, 4.69) is 5.10 Å². The quantitative estimate of drug-likeness (QED) is 0.794. The van der Waals surface area contributed by atoms with Crippen LogP contribution in [0.25, 0.3) is 0 Å². The maximum Gasteiger partial charge on any atom is 0.251 e. The minimum Gasteiger partial charge on any atom is -0.272 e. The van der Waals surface area contributed by atoms with Crippen molar-refractivity contribution in [3.63, 3.8) is 0 Å². The number of rotatable bonds is 2. The summed E-state index contributed by atoms with van der Waals surface area (Å²) in [5.74, 6) is -0.0462. The van der Waals surface area contributed by atoms with Crippen LogP contribution >= 0.6 is 11.6 Å². The van der Waals surface area contributed by atoms with Gasteiger partial charge in [0.05, 0.1) is 12.5 Å². The molecule has 0 spiro atoms. The lowest BCUT2D eigenvalue weighted by molar-refractivity contribution is -0.131. The van der Waals surface area contributed by atoms with E-state index in [1.807, 2.05) is 39.0 Å². The van der Waals surface area contributed by atoms with Crippen LogP contribution in [0.3, 0.4) is 0 Å². The topological polar surface area (TPSA) is 32.7 Å². The van der Waals surface area contributed by atoms with Crippen LogP contribution in [0.2, 0.25) is 5.02 Å². The number of hydrogen-bond acceptors (Lipinski definition) is 2. The molecule has 0 saturated carbocycles. The average Bonchev–Trinajstić information content (AvgIpc) is 2.52. The van der Waals surface area contributed by atoms with Crippen molar-refractivity contribution < 1.29 is 4.79 Å². The van der Waals surface area contributed by atoms with E-state index >= 15 is 0 Å². The molecule has 1 amide bonds. The summed E-state index contributed by atoms with van der Waals surface area (Å²) in [4.78, 5) is 11.9. The van der Waals surface area contributed by atoms with E-state index in [4.69, 9.17) is 11.6 Å². The number of carbonyl (C=O) groups excluding carboxylic acids is 1. The fourth-order valence-corrected chi connectivity index (χ4v) is 1.95. The van der Waals surface area contributed by atoms with Gasteiger partial charge in [0, 0.05) is 10.7 Å². The first-order valence-electron chi connectivity index (χ1n) is 5.60. The Kier molecular flexibility index (Phi) is 3.20. The molecule has 0 saturated heterocycles. The number of carbonyl (C=O) groups is 1. The molecule has 1 aliphatic heterocycles. The van der Waals surface area contributed by atoms with Crippen LogP contribution in [0.1, 0.15) is 25.0 Å². The van der Waals surface area contributed by atoms with Crippen LogP contribution in [0.5, 0.6) is 0 Å². The third-order valence-electron chi connectivity index (χ3n) is 3.10. The first kappa shape index (κ1) is 12.1. The number of nitrogens with zero attached hydrogens (tertiary/aromatic N) is 2. The fourth-order valence-electron chi connectivity index (χ4n) is 1.75. The second kappa shape index (κ2) is 4.49. The summed E-state index contributed by atoms with van der Waals surface area (Å²) in [5, 5.41) is 6.50. The molecule has 0 aliphatic carbocycles. The molecule has 0 radical (unpaired) electrons. The molecular formula is C13H15ClN2O. The Morgan fingerprint density at radius 2 is 2.12 bits per heavy atom. The van der Waals surface area contributed by atoms with E-state index in [1.54, 1.807) is 0 Å². The minimum absolute atomic E-state index is 0.0548. The Balaban J connectivity index is 2.17. The lowest BCUT2D eigenvalue weighted by atomic mass is 10.1. The summed E-state index contributed by atoms with van der Waals surface area (Å²) in [6.45, 7) is 6.20. The number of hydrogen-bond donors (Lipinski definition) is 0. The second-order valence-electron chi connectivity index (χ2n) is 4.44. The van der Waals surface area contributed by atoms with Crippen LogP contribution in [-0.2, 0) is 11.3 Å². The van der Waals surface area contributed by atoms with Gasteiger partial charge in [-0.05, 0) is 38.0 Å². The third kappa shape index (κ3) is 2.34. The number of benzene rings is 1. The van der Waals surface area contributed by atoms with E-state index in [-0.39, 0.29) is 11.8 Å². The Morgan fingerprint density at radius 1 is 1.41 bits per heavy atom. The number of aryl methyl sites for hydroxylation is 1. The highest BCUT2D eigenvalue weighted by molar-refractivity contribution is 6.31. The summed E-state index contributed by atoms with van der Waals surface area (Å²) < 4.78 is 0. The van der Waals surface area contributed by atoms with E-state index in [9.17, 15) is 4.79 Å². The van der Waals surface area contributed by atoms with Gasteiger partial charge in [-0.3, -0.25) is 4.79 Å². The van der Waals surface area contributed by atoms with Gasteiger partial charge in [-0.2, -0.15) is 5.10 Å². The fraction of sp³-hybridized carbons (Fsp3) is 0.385. The highest BCUT2D eigenvalue weighted by atomic mass is 35.5. The van der Waals surface area contributed by atoms with Gasteiger partial charge in [-0.1, -0.05) is 23.7 Å². The van der Waals surface area contributed by atoms with E-state index in [0.717, 1.165) is 21.9 Å². The molecule has 1 aliphatic rings. The summed E-state index contributed by atoms with van der Waals surface area (Å²) in [7, 11) is 0. The van der Waals surface area contributed by atoms with Crippen molar-refractivity contribution in [2.75, 3.05) is 0 Å². The van der Waals surface area contributed by atoms with Gasteiger partial charge < -0.3 is 0 Å². The van der Waals surface area contributed by atoms with Gasteiger partial charge >= 0.3 is 0 Å². The normalized spacial score (nSPS) is 19.8. The smallest absolute Gasteiger partial charge is 0.251 e. The van der Waals surface area contributed by atoms with Gasteiger partial charge in [0.2, 0.25) is 0 Å². The second-order valence-corrected chi connectivity index (χ2v) is 4.85. The SMILES string of the molecule is CC1=NN(Cc2ccc(C)c(Cl)c2)C(=O)C1C. The van der Waals surface area contributed by atoms with Gasteiger partial charge in [0.25, 0.3) is 5.91 Å². The zero-order valence-electron chi connectivity index (χ0n) is 10.2. The number of amides is 1. The van der Waals surface area contributed by atoms with Crippen LogP contribution < -0.4 is 0 Å². The van der Waals surface area contributed by atoms with Crippen LogP contribution in [0, 0.1) is 12.8 Å². The summed E-state index contributed by atoms with van der Waals surface area (Å²) >= 11 is 6.05. The van der Waals surface area contributed by atoms with Crippen molar-refractivity contribution in [2.24, 2.45) is 11.0 Å². The average molecular weight is 251 g/mol. The molecule has 1 atom stereocenters. The minimum atomic E-state index is -0.101. The first-order valence-corrected chi connectivity index (χ1v) is 5.98. The Hall–Kier alpha value is -1.35. The summed E-state index contributed by atoms with van der Waals surface area (Å²) in [5.41, 5.74) is 2.91. The highest BCUT2D eigenvalue weighted by Crippen LogP contribution is 2.21. The van der Waals surface area contributed by atoms with Crippen LogP contribution in [0.4, 0.5) is 0 Å². The van der Waals surface area contributed by atoms with Gasteiger partial charge in [0.15, 0.2) is 0 Å². The molecule has 3 nitrogen and oxygen atoms in total. The largest absolute Gasteiger partial charge is 0.272 e. The zero-order valence-corrected chi connectivity index (χ0v) is 11.0. The van der Waals surface area contributed by atoms with Crippen molar-refractivity contribution in [3.05, 3.63) is 34.3 Å². The Labute approximate surface area is 106 Å². The first-order chi connectivity index (χ1) is 7.99. The molecule has 0 N–H and O–H groups in total. The Morgan fingerprint density at radius 3 is 2.65 bits per heavy atom. The van der Waals surface area contributed by atoms with Gasteiger partial charge in [0.1, 0.15) is 0 Å². The molecule has 0 aromatic heterocycles. The predicted octanol–water partition coefficient (Wildman–Crippen LogP) is 3.00. The van der Waals surface area contributed by atoms with E-state index < -0.39 is 0 Å². The van der Waals surface area contributed by atoms with Crippen molar-refractivity contribution in [1.82, 2.24) is 5.01 Å². The predicted molar refractivity (Wildman–Crippen MR) is 69.0 cm³/mol. The lowest BCUT2D eigenvalue weighted by Gasteiger charge is -2.13. The van der Waals surface area contributed by atoms with Gasteiger partial charge in [-0.25, -0.2) is 5.01 Å². The molecule has 1 heterocycles. The maximum atomic E-state index is 11.9. The lowest BCUT2D eigenvalue weighted by Crippen LogP contribution is -2.25. The Bertz CT molecular complexity index is 496. The molecule has 4 heteroatoms. The molecule has 0 fully saturated rings. The van der Waals surface area contributed by atoms with E-state index in [1.165, 1.54) is 5.01 Å². The third-order valence-corrected chi connectivity index (χ3v) is 3.51. The molecule has 1 aromatic carbocycles. The molecule has 1 unspecified atom stereocenters. The number of halogens is 1. The standard InChI is InChI=1S/C13H15ClN2O/c1-8-4-5-11(6-12(8)14)7-16-13(17)9(2)10(3)15-16/h4-6,9H,7H2,1-3H3. The monoisotopic (exact) mass is 250 g/mol. The molecule has 0 bridgehead atoms. The highest BCUT2D eigenvalue weighted by Gasteiger charge is 2.29. The molecule has 17 heavy (non-hydrogen) atoms. The van der Waals surface area contributed by atoms with Crippen molar-refractivity contribution in [3.8, 4) is 0 Å². The van der Waals surface area contributed by atoms with Crippen molar-refractivity contribution in [2.45, 2.75) is 27.3 Å². The van der Waals surface area contributed by atoms with Crippen LogP contribution in [-0.4, -0.2) is 16.6 Å². The molecule has 1 aromatic rings. The number of hydrazone groups is 1. The van der Waals surface area contributed by atoms with Crippen LogP contribution in [0.15, 0.2) is 23.3 Å². The summed E-state index contributed by atoms with van der Waals surface area (Å²) in [6.07, 6.45) is 0. The van der Waals surface area contributed by atoms with Crippen molar-refractivity contribution in [1.29, 1.82) is 0 Å². The van der Waals surface area contributed by atoms with Gasteiger partial charge in [-0.15, -0.1) is 0 Å². The van der Waals surface area contributed by atoms with Crippen molar-refractivity contribution >= 4 is 23.2 Å². The molecule has 2 rings (SSSR count). The maximum absolute atomic E-state index is 11.9. The van der Waals surface area contributed by atoms with E-state index in [0.29, 0.717) is 6.54 Å². The zero-order chi connectivity index (χ0) is 12.6. The molecule has 90 valence electrons. The summed E-state index contributed by atoms with van der Waals surface area (Å²) in [6, 6.07) is 5.82.